The molecule has 4 nitrogen and oxygen atoms in total. The third kappa shape index (κ3) is 8.05. The zero-order chi connectivity index (χ0) is 12.6. The molecule has 0 amide bonds. The summed E-state index contributed by atoms with van der Waals surface area (Å²) < 4.78 is 10.9. The van der Waals surface area contributed by atoms with Gasteiger partial charge in [-0.1, -0.05) is 13.8 Å². The zero-order valence-electron chi connectivity index (χ0n) is 11.0. The average molecular weight is 233 g/mol. The van der Waals surface area contributed by atoms with E-state index in [0.29, 0.717) is 19.1 Å². The molecule has 0 aromatic heterocycles. The molecular formula is C12H27NO3. The third-order valence-electron chi connectivity index (χ3n) is 2.27. The Bertz CT molecular complexity index is 162. The summed E-state index contributed by atoms with van der Waals surface area (Å²) in [6, 6.07) is -0.107. The molecule has 0 aromatic rings. The molecule has 0 saturated carbocycles. The fourth-order valence-corrected chi connectivity index (χ4v) is 1.49. The van der Waals surface area contributed by atoms with Gasteiger partial charge in [0.05, 0.1) is 32.0 Å². The highest BCUT2D eigenvalue weighted by Crippen LogP contribution is 2.08. The van der Waals surface area contributed by atoms with E-state index < -0.39 is 0 Å². The van der Waals surface area contributed by atoms with E-state index in [-0.39, 0.29) is 24.9 Å². The standard InChI is InChI=1S/C12H27NO3/c1-9(2)7-11(13)12(8-14)16-6-5-15-10(3)4/h9-12,14H,5-8,13H2,1-4H3. The van der Waals surface area contributed by atoms with Crippen molar-refractivity contribution in [1.82, 2.24) is 0 Å². The highest BCUT2D eigenvalue weighted by atomic mass is 16.5. The lowest BCUT2D eigenvalue weighted by atomic mass is 10.0. The molecule has 16 heavy (non-hydrogen) atoms. The summed E-state index contributed by atoms with van der Waals surface area (Å²) in [6.07, 6.45) is 0.787. The molecule has 2 atom stereocenters. The lowest BCUT2D eigenvalue weighted by molar-refractivity contribution is -0.0422. The maximum Gasteiger partial charge on any atom is 0.0957 e. The van der Waals surface area contributed by atoms with Crippen LogP contribution in [0.5, 0.6) is 0 Å². The van der Waals surface area contributed by atoms with E-state index in [4.69, 9.17) is 15.2 Å². The molecule has 0 heterocycles. The SMILES string of the molecule is CC(C)CC(N)C(CO)OCCOC(C)C. The van der Waals surface area contributed by atoms with Crippen LogP contribution < -0.4 is 5.73 Å². The second kappa shape index (κ2) is 8.93. The van der Waals surface area contributed by atoms with Crippen LogP contribution in [0.2, 0.25) is 0 Å². The Morgan fingerprint density at radius 2 is 1.62 bits per heavy atom. The van der Waals surface area contributed by atoms with E-state index in [1.807, 2.05) is 13.8 Å². The number of hydrogen-bond acceptors (Lipinski definition) is 4. The summed E-state index contributed by atoms with van der Waals surface area (Å²) in [5.41, 5.74) is 5.95. The van der Waals surface area contributed by atoms with Crippen LogP contribution in [0.4, 0.5) is 0 Å². The van der Waals surface area contributed by atoms with E-state index in [2.05, 4.69) is 13.8 Å². The van der Waals surface area contributed by atoms with Gasteiger partial charge in [0.15, 0.2) is 0 Å². The van der Waals surface area contributed by atoms with Gasteiger partial charge in [-0.3, -0.25) is 0 Å². The summed E-state index contributed by atoms with van der Waals surface area (Å²) in [6.45, 7) is 9.17. The molecule has 4 heteroatoms. The van der Waals surface area contributed by atoms with Gasteiger partial charge < -0.3 is 20.3 Å². The quantitative estimate of drug-likeness (QED) is 0.587. The van der Waals surface area contributed by atoms with Crippen LogP contribution in [0.3, 0.4) is 0 Å². The van der Waals surface area contributed by atoms with Crippen molar-refractivity contribution in [3.05, 3.63) is 0 Å². The van der Waals surface area contributed by atoms with Gasteiger partial charge >= 0.3 is 0 Å². The molecule has 0 saturated heterocycles. The van der Waals surface area contributed by atoms with Gasteiger partial charge in [-0.05, 0) is 26.2 Å². The predicted molar refractivity (Wildman–Crippen MR) is 65.3 cm³/mol. The first kappa shape index (κ1) is 15.8. The number of hydrogen-bond donors (Lipinski definition) is 2. The summed E-state index contributed by atoms with van der Waals surface area (Å²) in [7, 11) is 0. The molecule has 0 aliphatic carbocycles. The fraction of sp³-hybridized carbons (Fsp3) is 1.00. The molecule has 0 fully saturated rings. The molecule has 0 bridgehead atoms. The van der Waals surface area contributed by atoms with Crippen LogP contribution in [-0.2, 0) is 9.47 Å². The predicted octanol–water partition coefficient (Wildman–Crippen LogP) is 1.16. The van der Waals surface area contributed by atoms with Crippen molar-refractivity contribution in [2.75, 3.05) is 19.8 Å². The third-order valence-corrected chi connectivity index (χ3v) is 2.27. The Kier molecular flexibility index (Phi) is 8.84. The first-order valence-electron chi connectivity index (χ1n) is 6.07. The maximum absolute atomic E-state index is 9.17. The molecular weight excluding hydrogens is 206 g/mol. The van der Waals surface area contributed by atoms with Crippen LogP contribution >= 0.6 is 0 Å². The Morgan fingerprint density at radius 1 is 1.06 bits per heavy atom. The normalized spacial score (nSPS) is 15.8. The monoisotopic (exact) mass is 233 g/mol. The number of aliphatic hydroxyl groups excluding tert-OH is 1. The number of rotatable bonds is 9. The minimum absolute atomic E-state index is 0.0322. The minimum atomic E-state index is -0.279. The molecule has 0 radical (unpaired) electrons. The fourth-order valence-electron chi connectivity index (χ4n) is 1.49. The Morgan fingerprint density at radius 3 is 2.06 bits per heavy atom. The van der Waals surface area contributed by atoms with E-state index >= 15 is 0 Å². The van der Waals surface area contributed by atoms with Gasteiger partial charge in [0, 0.05) is 6.04 Å². The van der Waals surface area contributed by atoms with Crippen LogP contribution in [0.1, 0.15) is 34.1 Å². The number of nitrogens with two attached hydrogens (primary N) is 1. The zero-order valence-corrected chi connectivity index (χ0v) is 11.0. The van der Waals surface area contributed by atoms with Crippen LogP contribution in [0.25, 0.3) is 0 Å². The van der Waals surface area contributed by atoms with Crippen molar-refractivity contribution in [1.29, 1.82) is 0 Å². The van der Waals surface area contributed by atoms with Crippen molar-refractivity contribution < 1.29 is 14.6 Å². The highest BCUT2D eigenvalue weighted by molar-refractivity contribution is 4.74. The van der Waals surface area contributed by atoms with Gasteiger partial charge in [-0.25, -0.2) is 0 Å². The lowest BCUT2D eigenvalue weighted by Crippen LogP contribution is -2.41. The molecule has 98 valence electrons. The molecule has 0 aliphatic heterocycles. The van der Waals surface area contributed by atoms with Crippen LogP contribution in [-0.4, -0.2) is 43.2 Å². The molecule has 3 N–H and O–H groups in total. The molecule has 0 aliphatic rings. The van der Waals surface area contributed by atoms with Crippen molar-refractivity contribution >= 4 is 0 Å². The topological polar surface area (TPSA) is 64.7 Å². The maximum atomic E-state index is 9.17. The Balaban J connectivity index is 3.73. The molecule has 0 aromatic carbocycles. The summed E-state index contributed by atoms with van der Waals surface area (Å²) in [5, 5.41) is 9.17. The van der Waals surface area contributed by atoms with Gasteiger partial charge in [0.1, 0.15) is 0 Å². The van der Waals surface area contributed by atoms with Gasteiger partial charge in [-0.2, -0.15) is 0 Å². The minimum Gasteiger partial charge on any atom is -0.394 e. The van der Waals surface area contributed by atoms with Gasteiger partial charge in [0.2, 0.25) is 0 Å². The number of aliphatic hydroxyl groups is 1. The van der Waals surface area contributed by atoms with Crippen LogP contribution in [0, 0.1) is 5.92 Å². The highest BCUT2D eigenvalue weighted by Gasteiger charge is 2.18. The van der Waals surface area contributed by atoms with E-state index in [1.54, 1.807) is 0 Å². The molecule has 0 spiro atoms. The van der Waals surface area contributed by atoms with Gasteiger partial charge in [0.25, 0.3) is 0 Å². The van der Waals surface area contributed by atoms with Gasteiger partial charge in [-0.15, -0.1) is 0 Å². The van der Waals surface area contributed by atoms with E-state index in [9.17, 15) is 5.11 Å². The van der Waals surface area contributed by atoms with E-state index in [0.717, 1.165) is 6.42 Å². The summed E-state index contributed by atoms with van der Waals surface area (Å²) in [5.74, 6) is 0.513. The van der Waals surface area contributed by atoms with E-state index in [1.165, 1.54) is 0 Å². The molecule has 2 unspecified atom stereocenters. The second-order valence-corrected chi connectivity index (χ2v) is 4.80. The van der Waals surface area contributed by atoms with Crippen molar-refractivity contribution in [2.45, 2.75) is 52.4 Å². The Hall–Kier alpha value is -0.160. The largest absolute Gasteiger partial charge is 0.394 e. The Labute approximate surface area is 99.1 Å². The van der Waals surface area contributed by atoms with Crippen molar-refractivity contribution in [3.8, 4) is 0 Å². The smallest absolute Gasteiger partial charge is 0.0957 e. The molecule has 0 rings (SSSR count). The summed E-state index contributed by atoms with van der Waals surface area (Å²) in [4.78, 5) is 0. The lowest BCUT2D eigenvalue weighted by Gasteiger charge is -2.24. The van der Waals surface area contributed by atoms with Crippen molar-refractivity contribution in [2.24, 2.45) is 11.7 Å². The second-order valence-electron chi connectivity index (χ2n) is 4.80. The average Bonchev–Trinajstić information content (AvgIpc) is 2.16. The van der Waals surface area contributed by atoms with Crippen molar-refractivity contribution in [3.63, 3.8) is 0 Å². The first-order chi connectivity index (χ1) is 7.47. The van der Waals surface area contributed by atoms with Crippen LogP contribution in [0.15, 0.2) is 0 Å². The number of ether oxygens (including phenoxy) is 2. The summed E-state index contributed by atoms with van der Waals surface area (Å²) >= 11 is 0. The first-order valence-corrected chi connectivity index (χ1v) is 6.07.